The predicted octanol–water partition coefficient (Wildman–Crippen LogP) is 2.58. The van der Waals surface area contributed by atoms with Crippen LogP contribution in [0.15, 0.2) is 39.3 Å². The molecule has 4 N–H and O–H groups in total. The molecule has 116 valence electrons. The van der Waals surface area contributed by atoms with E-state index in [2.05, 4.69) is 38.9 Å². The highest BCUT2D eigenvalue weighted by atomic mass is 35.5. The molecule has 3 rings (SSSR count). The second-order valence-corrected chi connectivity index (χ2v) is 5.96. The van der Waals surface area contributed by atoms with Crippen LogP contribution in [-0.2, 0) is 6.42 Å². The maximum atomic E-state index is 5.40. The molecule has 2 aromatic heterocycles. The SMILES string of the molecule is Cc1ccnc2c1/C(=N\N=C(N)N)CC(c1ccsc1)C2.Cl. The average Bonchev–Trinajstić information content (AvgIpc) is 2.98. The van der Waals surface area contributed by atoms with Gasteiger partial charge in [-0.25, -0.2) is 0 Å². The van der Waals surface area contributed by atoms with Crippen LogP contribution in [-0.4, -0.2) is 16.7 Å². The fourth-order valence-electron chi connectivity index (χ4n) is 2.76. The molecule has 0 radical (unpaired) electrons. The molecular formula is C15H18ClN5S. The van der Waals surface area contributed by atoms with Gasteiger partial charge in [-0.05, 0) is 59.7 Å². The van der Waals surface area contributed by atoms with Crippen LogP contribution in [0, 0.1) is 6.92 Å². The van der Waals surface area contributed by atoms with Crippen molar-refractivity contribution >= 4 is 35.4 Å². The molecule has 2 aromatic rings. The summed E-state index contributed by atoms with van der Waals surface area (Å²) in [5.74, 6) is 0.356. The molecule has 0 amide bonds. The molecule has 0 saturated carbocycles. The van der Waals surface area contributed by atoms with Crippen molar-refractivity contribution in [3.05, 3.63) is 51.5 Å². The Hall–Kier alpha value is -1.92. The molecule has 7 heteroatoms. The monoisotopic (exact) mass is 335 g/mol. The van der Waals surface area contributed by atoms with Crippen LogP contribution < -0.4 is 11.5 Å². The molecule has 0 saturated heterocycles. The summed E-state index contributed by atoms with van der Waals surface area (Å²) in [5, 5.41) is 12.4. The lowest BCUT2D eigenvalue weighted by Crippen LogP contribution is -2.24. The predicted molar refractivity (Wildman–Crippen MR) is 93.9 cm³/mol. The van der Waals surface area contributed by atoms with E-state index in [0.29, 0.717) is 5.92 Å². The van der Waals surface area contributed by atoms with Crippen LogP contribution in [0.2, 0.25) is 0 Å². The number of aryl methyl sites for hydroxylation is 1. The first-order valence-corrected chi connectivity index (χ1v) is 7.72. The Labute approximate surface area is 139 Å². The normalized spacial score (nSPS) is 18.4. The zero-order valence-corrected chi connectivity index (χ0v) is 13.8. The molecule has 1 aliphatic rings. The van der Waals surface area contributed by atoms with Gasteiger partial charge in [-0.15, -0.1) is 17.5 Å². The van der Waals surface area contributed by atoms with Gasteiger partial charge in [0.25, 0.3) is 0 Å². The smallest absolute Gasteiger partial charge is 0.211 e. The molecular weight excluding hydrogens is 318 g/mol. The topological polar surface area (TPSA) is 89.6 Å². The van der Waals surface area contributed by atoms with Crippen LogP contribution in [0.5, 0.6) is 0 Å². The first-order valence-electron chi connectivity index (χ1n) is 6.77. The third-order valence-corrected chi connectivity index (χ3v) is 4.41. The molecule has 0 fully saturated rings. The summed E-state index contributed by atoms with van der Waals surface area (Å²) in [5.41, 5.74) is 16.4. The number of hydrogen-bond donors (Lipinski definition) is 2. The number of nitrogens with zero attached hydrogens (tertiary/aromatic N) is 3. The highest BCUT2D eigenvalue weighted by Gasteiger charge is 2.27. The number of nitrogens with two attached hydrogens (primary N) is 2. The highest BCUT2D eigenvalue weighted by Crippen LogP contribution is 2.34. The molecule has 0 aliphatic heterocycles. The molecule has 1 atom stereocenters. The number of thiophene rings is 1. The van der Waals surface area contributed by atoms with Crippen molar-refractivity contribution in [2.75, 3.05) is 0 Å². The second-order valence-electron chi connectivity index (χ2n) is 5.18. The van der Waals surface area contributed by atoms with Gasteiger partial charge in [-0.3, -0.25) is 4.98 Å². The molecule has 2 heterocycles. The number of hydrogen-bond acceptors (Lipinski definition) is 4. The summed E-state index contributed by atoms with van der Waals surface area (Å²) in [6, 6.07) is 4.16. The summed E-state index contributed by atoms with van der Waals surface area (Å²) in [6.45, 7) is 2.07. The molecule has 22 heavy (non-hydrogen) atoms. The standard InChI is InChI=1S/C15H17N5S.ClH/c1-9-2-4-18-12-6-11(10-3-5-21-8-10)7-13(14(9)12)19-20-15(16)17;/h2-5,8,11H,6-7H2,1H3,(H4,16,17,20);1H/b19-13-;. The van der Waals surface area contributed by atoms with E-state index < -0.39 is 0 Å². The number of aromatic nitrogens is 1. The first kappa shape index (κ1) is 16.5. The van der Waals surface area contributed by atoms with Crippen molar-refractivity contribution in [2.24, 2.45) is 21.7 Å². The maximum Gasteiger partial charge on any atom is 0.211 e. The summed E-state index contributed by atoms with van der Waals surface area (Å²) in [7, 11) is 0. The van der Waals surface area contributed by atoms with Gasteiger partial charge in [0.05, 0.1) is 11.4 Å². The summed E-state index contributed by atoms with van der Waals surface area (Å²) >= 11 is 1.71. The van der Waals surface area contributed by atoms with Crippen molar-refractivity contribution in [1.29, 1.82) is 0 Å². The van der Waals surface area contributed by atoms with Gasteiger partial charge >= 0.3 is 0 Å². The molecule has 5 nitrogen and oxygen atoms in total. The van der Waals surface area contributed by atoms with Gasteiger partial charge in [-0.1, -0.05) is 0 Å². The van der Waals surface area contributed by atoms with Gasteiger partial charge in [-0.2, -0.15) is 16.4 Å². The fraction of sp³-hybridized carbons (Fsp3) is 0.267. The number of rotatable bonds is 2. The van der Waals surface area contributed by atoms with Crippen molar-refractivity contribution in [1.82, 2.24) is 4.98 Å². The molecule has 1 unspecified atom stereocenters. The zero-order valence-electron chi connectivity index (χ0n) is 12.2. The third kappa shape index (κ3) is 3.28. The van der Waals surface area contributed by atoms with E-state index in [1.807, 2.05) is 12.3 Å². The quantitative estimate of drug-likeness (QED) is 0.502. The Morgan fingerprint density at radius 2 is 2.14 bits per heavy atom. The van der Waals surface area contributed by atoms with E-state index in [1.165, 1.54) is 5.56 Å². The molecule has 0 aromatic carbocycles. The van der Waals surface area contributed by atoms with Crippen LogP contribution in [0.1, 0.15) is 34.7 Å². The molecule has 0 bridgehead atoms. The molecule has 1 aliphatic carbocycles. The van der Waals surface area contributed by atoms with E-state index in [4.69, 9.17) is 11.5 Å². The van der Waals surface area contributed by atoms with Crippen LogP contribution >= 0.6 is 23.7 Å². The number of fused-ring (bicyclic) bond motifs is 1. The van der Waals surface area contributed by atoms with Gasteiger partial charge in [0.15, 0.2) is 0 Å². The van der Waals surface area contributed by atoms with Gasteiger partial charge in [0.2, 0.25) is 5.96 Å². The van der Waals surface area contributed by atoms with Gasteiger partial charge in [0, 0.05) is 11.8 Å². The van der Waals surface area contributed by atoms with Crippen LogP contribution in [0.4, 0.5) is 0 Å². The highest BCUT2D eigenvalue weighted by molar-refractivity contribution is 7.08. The maximum absolute atomic E-state index is 5.40. The van der Waals surface area contributed by atoms with Gasteiger partial charge in [0.1, 0.15) is 0 Å². The Morgan fingerprint density at radius 1 is 1.32 bits per heavy atom. The van der Waals surface area contributed by atoms with E-state index in [9.17, 15) is 0 Å². The Bertz CT molecular complexity index is 705. The van der Waals surface area contributed by atoms with E-state index in [-0.39, 0.29) is 18.4 Å². The van der Waals surface area contributed by atoms with E-state index in [0.717, 1.165) is 35.4 Å². The summed E-state index contributed by atoms with van der Waals surface area (Å²) in [6.07, 6.45) is 3.60. The van der Waals surface area contributed by atoms with Crippen LogP contribution in [0.3, 0.4) is 0 Å². The summed E-state index contributed by atoms with van der Waals surface area (Å²) < 4.78 is 0. The van der Waals surface area contributed by atoms with Crippen molar-refractivity contribution in [2.45, 2.75) is 25.7 Å². The van der Waals surface area contributed by atoms with Crippen LogP contribution in [0.25, 0.3) is 0 Å². The second kappa shape index (κ2) is 6.89. The van der Waals surface area contributed by atoms with E-state index in [1.54, 1.807) is 11.3 Å². The Morgan fingerprint density at radius 3 is 2.82 bits per heavy atom. The van der Waals surface area contributed by atoms with Crippen molar-refractivity contribution in [3.63, 3.8) is 0 Å². The number of pyridine rings is 1. The lowest BCUT2D eigenvalue weighted by atomic mass is 9.81. The third-order valence-electron chi connectivity index (χ3n) is 3.71. The first-order chi connectivity index (χ1) is 10.1. The fourth-order valence-corrected chi connectivity index (χ4v) is 3.50. The lowest BCUT2D eigenvalue weighted by Gasteiger charge is -2.25. The Kier molecular flexibility index (Phi) is 5.15. The minimum absolute atomic E-state index is 0. The average molecular weight is 336 g/mol. The van der Waals surface area contributed by atoms with E-state index >= 15 is 0 Å². The largest absolute Gasteiger partial charge is 0.369 e. The molecule has 0 spiro atoms. The number of halogens is 1. The minimum Gasteiger partial charge on any atom is -0.369 e. The Balaban J connectivity index is 0.00000176. The summed E-state index contributed by atoms with van der Waals surface area (Å²) in [4.78, 5) is 4.53. The minimum atomic E-state index is -0.0248. The van der Waals surface area contributed by atoms with Gasteiger partial charge < -0.3 is 11.5 Å². The van der Waals surface area contributed by atoms with Crippen molar-refractivity contribution in [3.8, 4) is 0 Å². The zero-order chi connectivity index (χ0) is 14.8. The number of guanidine groups is 1. The van der Waals surface area contributed by atoms with Crippen molar-refractivity contribution < 1.29 is 0 Å². The lowest BCUT2D eigenvalue weighted by molar-refractivity contribution is 0.679.